The molecule has 0 fully saturated rings. The molecule has 0 aliphatic carbocycles. The van der Waals surface area contributed by atoms with Crippen molar-refractivity contribution in [3.8, 4) is 11.5 Å². The third kappa shape index (κ3) is 3.10. The van der Waals surface area contributed by atoms with Gasteiger partial charge in [-0.25, -0.2) is 0 Å². The highest BCUT2D eigenvalue weighted by Crippen LogP contribution is 2.22. The average molecular weight is 238 g/mol. The van der Waals surface area contributed by atoms with Crippen LogP contribution in [-0.4, -0.2) is 35.1 Å². The Morgan fingerprint density at radius 3 is 2.47 bits per heavy atom. The van der Waals surface area contributed by atoms with E-state index in [1.54, 1.807) is 0 Å². The molecule has 1 unspecified atom stereocenters. The van der Waals surface area contributed by atoms with E-state index in [-0.39, 0.29) is 23.0 Å². The molecule has 0 aliphatic rings. The van der Waals surface area contributed by atoms with Crippen molar-refractivity contribution in [3.05, 3.63) is 23.8 Å². The second kappa shape index (κ2) is 5.20. The first-order valence-electron chi connectivity index (χ1n) is 5.00. The summed E-state index contributed by atoms with van der Waals surface area (Å²) in [6, 6.07) is 2.90. The highest BCUT2D eigenvalue weighted by molar-refractivity contribution is 5.99. The van der Waals surface area contributed by atoms with E-state index in [0.717, 1.165) is 6.07 Å². The first kappa shape index (κ1) is 12.8. The van der Waals surface area contributed by atoms with Crippen LogP contribution < -0.4 is 10.6 Å². The third-order valence-corrected chi connectivity index (χ3v) is 2.21. The highest BCUT2D eigenvalue weighted by Gasteiger charge is 2.17. The number of phenols is 2. The number of carbonyl (C=O) groups is 2. The molecule has 92 valence electrons. The molecule has 0 aromatic heterocycles. The summed E-state index contributed by atoms with van der Waals surface area (Å²) in [7, 11) is 1.46. The molecule has 2 amide bonds. The molecule has 4 N–H and O–H groups in total. The molecule has 6 heteroatoms. The number of hydrogen-bond donors (Lipinski definition) is 4. The van der Waals surface area contributed by atoms with E-state index in [1.165, 1.54) is 26.1 Å². The molecule has 1 aromatic carbocycles. The minimum atomic E-state index is -0.708. The molecule has 17 heavy (non-hydrogen) atoms. The molecule has 0 saturated carbocycles. The van der Waals surface area contributed by atoms with Gasteiger partial charge in [0.2, 0.25) is 5.91 Å². The molecular weight excluding hydrogens is 224 g/mol. The number of amides is 2. The minimum absolute atomic E-state index is 0.00134. The van der Waals surface area contributed by atoms with Gasteiger partial charge in [-0.1, -0.05) is 0 Å². The Morgan fingerprint density at radius 2 is 1.94 bits per heavy atom. The summed E-state index contributed by atoms with van der Waals surface area (Å²) in [4.78, 5) is 22.9. The van der Waals surface area contributed by atoms with Crippen LogP contribution in [0.5, 0.6) is 11.5 Å². The molecule has 0 heterocycles. The van der Waals surface area contributed by atoms with Crippen LogP contribution >= 0.6 is 0 Å². The number of likely N-dealkylation sites (N-methyl/N-ethyl adjacent to an activating group) is 1. The third-order valence-electron chi connectivity index (χ3n) is 2.21. The molecule has 0 saturated heterocycles. The fraction of sp³-hybridized carbons (Fsp3) is 0.273. The maximum Gasteiger partial charge on any atom is 0.255 e. The monoisotopic (exact) mass is 238 g/mol. The van der Waals surface area contributed by atoms with Crippen LogP contribution in [0.25, 0.3) is 0 Å². The van der Waals surface area contributed by atoms with Crippen LogP contribution in [0, 0.1) is 0 Å². The Balaban J connectivity index is 2.80. The zero-order valence-electron chi connectivity index (χ0n) is 9.52. The summed E-state index contributed by atoms with van der Waals surface area (Å²) in [6.45, 7) is 1.52. The van der Waals surface area contributed by atoms with Crippen LogP contribution in [0.1, 0.15) is 17.3 Å². The van der Waals surface area contributed by atoms with Gasteiger partial charge in [0.05, 0.1) is 5.56 Å². The van der Waals surface area contributed by atoms with Crippen molar-refractivity contribution in [2.45, 2.75) is 13.0 Å². The molecule has 0 bridgehead atoms. The van der Waals surface area contributed by atoms with Crippen LogP contribution in [-0.2, 0) is 4.79 Å². The van der Waals surface area contributed by atoms with E-state index in [2.05, 4.69) is 10.6 Å². The standard InChI is InChI=1S/C11H14N2O4/c1-6(10(16)12-2)13-11(17)8-4-3-7(14)5-9(8)15/h3-6,14-15H,1-2H3,(H,12,16)(H,13,17). The number of rotatable bonds is 3. The number of carbonyl (C=O) groups excluding carboxylic acids is 2. The van der Waals surface area contributed by atoms with Gasteiger partial charge in [0.25, 0.3) is 5.91 Å². The molecule has 0 spiro atoms. The lowest BCUT2D eigenvalue weighted by molar-refractivity contribution is -0.122. The Morgan fingerprint density at radius 1 is 1.29 bits per heavy atom. The Bertz CT molecular complexity index is 445. The number of aromatic hydroxyl groups is 2. The quantitative estimate of drug-likeness (QED) is 0.594. The van der Waals surface area contributed by atoms with E-state index in [9.17, 15) is 14.7 Å². The summed E-state index contributed by atoms with van der Waals surface area (Å²) in [6.07, 6.45) is 0. The van der Waals surface area contributed by atoms with Gasteiger partial charge in [0, 0.05) is 13.1 Å². The van der Waals surface area contributed by atoms with Gasteiger partial charge in [0.1, 0.15) is 17.5 Å². The van der Waals surface area contributed by atoms with Crippen LogP contribution in [0.4, 0.5) is 0 Å². The van der Waals surface area contributed by atoms with E-state index in [1.807, 2.05) is 0 Å². The predicted octanol–water partition coefficient (Wildman–Crippen LogP) is -0.0379. The van der Waals surface area contributed by atoms with E-state index in [0.29, 0.717) is 0 Å². The summed E-state index contributed by atoms with van der Waals surface area (Å²) in [5.74, 6) is -1.40. The van der Waals surface area contributed by atoms with Gasteiger partial charge in [-0.3, -0.25) is 9.59 Å². The number of phenolic OH excluding ortho intramolecular Hbond substituents is 2. The summed E-state index contributed by atoms with van der Waals surface area (Å²) >= 11 is 0. The maximum absolute atomic E-state index is 11.7. The van der Waals surface area contributed by atoms with Crippen molar-refractivity contribution in [1.82, 2.24) is 10.6 Å². The van der Waals surface area contributed by atoms with Gasteiger partial charge < -0.3 is 20.8 Å². The molecular formula is C11H14N2O4. The molecule has 1 aromatic rings. The van der Waals surface area contributed by atoms with Crippen molar-refractivity contribution < 1.29 is 19.8 Å². The van der Waals surface area contributed by atoms with Gasteiger partial charge in [-0.2, -0.15) is 0 Å². The average Bonchev–Trinajstić information content (AvgIpc) is 2.27. The predicted molar refractivity (Wildman–Crippen MR) is 60.8 cm³/mol. The molecule has 0 radical (unpaired) electrons. The lowest BCUT2D eigenvalue weighted by Crippen LogP contribution is -2.43. The van der Waals surface area contributed by atoms with Crippen molar-refractivity contribution >= 4 is 11.8 Å². The number of nitrogens with one attached hydrogen (secondary N) is 2. The van der Waals surface area contributed by atoms with Gasteiger partial charge in [-0.15, -0.1) is 0 Å². The van der Waals surface area contributed by atoms with Gasteiger partial charge >= 0.3 is 0 Å². The summed E-state index contributed by atoms with van der Waals surface area (Å²) < 4.78 is 0. The topological polar surface area (TPSA) is 98.7 Å². The summed E-state index contributed by atoms with van der Waals surface area (Å²) in [5.41, 5.74) is -0.00134. The van der Waals surface area contributed by atoms with Crippen molar-refractivity contribution in [1.29, 1.82) is 0 Å². The van der Waals surface area contributed by atoms with Crippen LogP contribution in [0.15, 0.2) is 18.2 Å². The fourth-order valence-corrected chi connectivity index (χ4v) is 1.27. The maximum atomic E-state index is 11.7. The fourth-order valence-electron chi connectivity index (χ4n) is 1.27. The van der Waals surface area contributed by atoms with Crippen molar-refractivity contribution in [2.75, 3.05) is 7.05 Å². The van der Waals surface area contributed by atoms with E-state index in [4.69, 9.17) is 5.11 Å². The Hall–Kier alpha value is -2.24. The molecule has 1 rings (SSSR count). The largest absolute Gasteiger partial charge is 0.508 e. The number of benzene rings is 1. The second-order valence-electron chi connectivity index (χ2n) is 3.51. The lowest BCUT2D eigenvalue weighted by Gasteiger charge is -2.12. The smallest absolute Gasteiger partial charge is 0.255 e. The second-order valence-corrected chi connectivity index (χ2v) is 3.51. The van der Waals surface area contributed by atoms with Crippen molar-refractivity contribution in [3.63, 3.8) is 0 Å². The first-order chi connectivity index (χ1) is 7.95. The highest BCUT2D eigenvalue weighted by atomic mass is 16.3. The van der Waals surface area contributed by atoms with Gasteiger partial charge in [-0.05, 0) is 19.1 Å². The SMILES string of the molecule is CNC(=O)C(C)NC(=O)c1ccc(O)cc1O. The van der Waals surface area contributed by atoms with E-state index < -0.39 is 11.9 Å². The first-order valence-corrected chi connectivity index (χ1v) is 5.00. The Labute approximate surface area is 98.3 Å². The van der Waals surface area contributed by atoms with Crippen molar-refractivity contribution in [2.24, 2.45) is 0 Å². The molecule has 0 aliphatic heterocycles. The van der Waals surface area contributed by atoms with Gasteiger partial charge in [0.15, 0.2) is 0 Å². The van der Waals surface area contributed by atoms with E-state index >= 15 is 0 Å². The molecule has 1 atom stereocenters. The van der Waals surface area contributed by atoms with Crippen LogP contribution in [0.2, 0.25) is 0 Å². The summed E-state index contributed by atoms with van der Waals surface area (Å²) in [5, 5.41) is 23.3. The number of hydrogen-bond acceptors (Lipinski definition) is 4. The zero-order valence-corrected chi connectivity index (χ0v) is 9.52. The van der Waals surface area contributed by atoms with Crippen LogP contribution in [0.3, 0.4) is 0 Å². The minimum Gasteiger partial charge on any atom is -0.508 e. The Kier molecular flexibility index (Phi) is 3.92. The zero-order chi connectivity index (χ0) is 13.0. The lowest BCUT2D eigenvalue weighted by atomic mass is 10.1. The molecule has 6 nitrogen and oxygen atoms in total. The normalized spacial score (nSPS) is 11.6.